The molecule has 0 amide bonds. The minimum atomic E-state index is 0.491. The zero-order valence-electron chi connectivity index (χ0n) is 10.5. The third-order valence-electron chi connectivity index (χ3n) is 3.01. The monoisotopic (exact) mass is 323 g/mol. The largest absolute Gasteiger partial charge is 0.497 e. The topological polar surface area (TPSA) is 60.2 Å². The Morgan fingerprint density at radius 2 is 2.26 bits per heavy atom. The number of nitrogens with one attached hydrogen (secondary N) is 1. The predicted molar refractivity (Wildman–Crippen MR) is 74.3 cm³/mol. The first-order chi connectivity index (χ1) is 9.26. The Bertz CT molecular complexity index is 581. The van der Waals surface area contributed by atoms with E-state index in [0.717, 1.165) is 34.6 Å². The van der Waals surface area contributed by atoms with Gasteiger partial charge < -0.3 is 14.5 Å². The van der Waals surface area contributed by atoms with Crippen LogP contribution in [0.15, 0.2) is 27.1 Å². The number of benzene rings is 1. The van der Waals surface area contributed by atoms with Crippen LogP contribution in [-0.4, -0.2) is 17.3 Å². The highest BCUT2D eigenvalue weighted by Gasteiger charge is 2.29. The van der Waals surface area contributed by atoms with Gasteiger partial charge in [0.2, 0.25) is 11.8 Å². The Balaban J connectivity index is 1.67. The summed E-state index contributed by atoms with van der Waals surface area (Å²) in [6.07, 6.45) is 2.33. The number of hydrogen-bond donors (Lipinski definition) is 1. The molecule has 0 atom stereocenters. The summed E-state index contributed by atoms with van der Waals surface area (Å²) < 4.78 is 11.8. The summed E-state index contributed by atoms with van der Waals surface area (Å²) in [5.41, 5.74) is 0.936. The molecule has 1 N–H and O–H groups in total. The van der Waals surface area contributed by atoms with Crippen molar-refractivity contribution in [2.24, 2.45) is 0 Å². The molecule has 0 radical (unpaired) electrons. The molecular formula is C13H14BrN3O2. The fraction of sp³-hybridized carbons (Fsp3) is 0.385. The van der Waals surface area contributed by atoms with Crippen LogP contribution in [0.2, 0.25) is 0 Å². The van der Waals surface area contributed by atoms with Crippen molar-refractivity contribution in [1.29, 1.82) is 0 Å². The molecular weight excluding hydrogens is 310 g/mol. The minimum absolute atomic E-state index is 0.491. The van der Waals surface area contributed by atoms with Crippen LogP contribution in [-0.2, 0) is 6.54 Å². The highest BCUT2D eigenvalue weighted by atomic mass is 79.9. The van der Waals surface area contributed by atoms with E-state index in [9.17, 15) is 0 Å². The maximum atomic E-state index is 5.59. The highest BCUT2D eigenvalue weighted by Crippen LogP contribution is 2.39. The number of nitrogens with zero attached hydrogens (tertiary/aromatic N) is 2. The maximum Gasteiger partial charge on any atom is 0.235 e. The van der Waals surface area contributed by atoms with Gasteiger partial charge >= 0.3 is 0 Å². The van der Waals surface area contributed by atoms with Crippen LogP contribution in [0.3, 0.4) is 0 Å². The van der Waals surface area contributed by atoms with Crippen molar-refractivity contribution in [3.63, 3.8) is 0 Å². The summed E-state index contributed by atoms with van der Waals surface area (Å²) in [5, 5.41) is 11.3. The molecule has 1 heterocycles. The molecule has 19 heavy (non-hydrogen) atoms. The number of rotatable bonds is 5. The Labute approximate surface area is 119 Å². The van der Waals surface area contributed by atoms with Crippen LogP contribution in [0.1, 0.15) is 30.5 Å². The first-order valence-electron chi connectivity index (χ1n) is 6.16. The average molecular weight is 324 g/mol. The van der Waals surface area contributed by atoms with Crippen molar-refractivity contribution in [2.75, 3.05) is 12.4 Å². The summed E-state index contributed by atoms with van der Waals surface area (Å²) in [4.78, 5) is 0. The maximum absolute atomic E-state index is 5.59. The number of ether oxygens (including phenoxy) is 1. The van der Waals surface area contributed by atoms with Crippen LogP contribution in [0, 0.1) is 0 Å². The second kappa shape index (κ2) is 5.21. The van der Waals surface area contributed by atoms with Gasteiger partial charge in [-0.2, -0.15) is 0 Å². The first-order valence-corrected chi connectivity index (χ1v) is 6.95. The Kier molecular flexibility index (Phi) is 3.42. The number of hydrogen-bond acceptors (Lipinski definition) is 5. The minimum Gasteiger partial charge on any atom is -0.497 e. The molecule has 0 unspecified atom stereocenters. The van der Waals surface area contributed by atoms with E-state index in [0.29, 0.717) is 18.4 Å². The van der Waals surface area contributed by atoms with Crippen LogP contribution in [0.4, 0.5) is 5.69 Å². The van der Waals surface area contributed by atoms with Crippen LogP contribution in [0.25, 0.3) is 0 Å². The molecule has 1 saturated carbocycles. The zero-order chi connectivity index (χ0) is 13.2. The van der Waals surface area contributed by atoms with Crippen molar-refractivity contribution in [3.8, 4) is 5.75 Å². The third-order valence-corrected chi connectivity index (χ3v) is 3.70. The molecule has 1 fully saturated rings. The number of methoxy groups -OCH3 is 1. The molecule has 1 aromatic carbocycles. The lowest BCUT2D eigenvalue weighted by Gasteiger charge is -2.08. The van der Waals surface area contributed by atoms with E-state index in [2.05, 4.69) is 31.4 Å². The molecule has 0 saturated heterocycles. The lowest BCUT2D eigenvalue weighted by molar-refractivity contribution is 0.415. The van der Waals surface area contributed by atoms with E-state index in [-0.39, 0.29) is 0 Å². The van der Waals surface area contributed by atoms with Gasteiger partial charge in [-0.15, -0.1) is 10.2 Å². The van der Waals surface area contributed by atoms with Crippen LogP contribution < -0.4 is 10.1 Å². The lowest BCUT2D eigenvalue weighted by atomic mass is 10.3. The van der Waals surface area contributed by atoms with Gasteiger partial charge in [-0.1, -0.05) is 0 Å². The van der Waals surface area contributed by atoms with Crippen molar-refractivity contribution < 1.29 is 9.15 Å². The van der Waals surface area contributed by atoms with Crippen LogP contribution >= 0.6 is 15.9 Å². The van der Waals surface area contributed by atoms with E-state index < -0.39 is 0 Å². The van der Waals surface area contributed by atoms with Crippen molar-refractivity contribution in [1.82, 2.24) is 10.2 Å². The molecule has 0 aliphatic heterocycles. The SMILES string of the molecule is COc1ccc(Br)c(NCc2nnc(C3CC3)o2)c1. The van der Waals surface area contributed by atoms with E-state index in [1.165, 1.54) is 0 Å². The van der Waals surface area contributed by atoms with Gasteiger partial charge in [-0.3, -0.25) is 0 Å². The second-order valence-corrected chi connectivity index (χ2v) is 5.36. The summed E-state index contributed by atoms with van der Waals surface area (Å²) in [6, 6.07) is 5.75. The lowest BCUT2D eigenvalue weighted by Crippen LogP contribution is -2.00. The molecule has 5 nitrogen and oxygen atoms in total. The molecule has 1 aliphatic carbocycles. The molecule has 1 aromatic heterocycles. The standard InChI is InChI=1S/C13H14BrN3O2/c1-18-9-4-5-10(14)11(6-9)15-7-12-16-17-13(19-12)8-2-3-8/h4-6,8,15H,2-3,7H2,1H3. The fourth-order valence-electron chi connectivity index (χ4n) is 1.77. The van der Waals surface area contributed by atoms with E-state index in [4.69, 9.17) is 9.15 Å². The summed E-state index contributed by atoms with van der Waals surface area (Å²) in [6.45, 7) is 0.505. The van der Waals surface area contributed by atoms with Gasteiger partial charge in [-0.25, -0.2) is 0 Å². The molecule has 1 aliphatic rings. The summed E-state index contributed by atoms with van der Waals surface area (Å²) in [5.74, 6) is 2.66. The van der Waals surface area contributed by atoms with Crippen molar-refractivity contribution >= 4 is 21.6 Å². The van der Waals surface area contributed by atoms with Gasteiger partial charge in [0, 0.05) is 16.5 Å². The van der Waals surface area contributed by atoms with E-state index in [1.54, 1.807) is 7.11 Å². The quantitative estimate of drug-likeness (QED) is 0.914. The molecule has 6 heteroatoms. The van der Waals surface area contributed by atoms with Gasteiger partial charge in [0.25, 0.3) is 0 Å². The predicted octanol–water partition coefficient (Wildman–Crippen LogP) is 3.33. The Morgan fingerprint density at radius 1 is 1.42 bits per heavy atom. The Morgan fingerprint density at radius 3 is 3.00 bits per heavy atom. The molecule has 0 bridgehead atoms. The first kappa shape index (κ1) is 12.5. The average Bonchev–Trinajstić information content (AvgIpc) is 3.17. The Hall–Kier alpha value is -1.56. The molecule has 3 rings (SSSR count). The number of aromatic nitrogens is 2. The third kappa shape index (κ3) is 2.89. The zero-order valence-corrected chi connectivity index (χ0v) is 12.1. The number of halogens is 1. The van der Waals surface area contributed by atoms with Crippen molar-refractivity contribution in [3.05, 3.63) is 34.5 Å². The summed E-state index contributed by atoms with van der Waals surface area (Å²) in [7, 11) is 1.65. The van der Waals surface area contributed by atoms with E-state index >= 15 is 0 Å². The van der Waals surface area contributed by atoms with Gasteiger partial charge in [0.15, 0.2) is 0 Å². The van der Waals surface area contributed by atoms with E-state index in [1.807, 2.05) is 18.2 Å². The highest BCUT2D eigenvalue weighted by molar-refractivity contribution is 9.10. The van der Waals surface area contributed by atoms with Crippen molar-refractivity contribution in [2.45, 2.75) is 25.3 Å². The molecule has 0 spiro atoms. The number of anilines is 1. The second-order valence-electron chi connectivity index (χ2n) is 4.51. The van der Waals surface area contributed by atoms with Crippen LogP contribution in [0.5, 0.6) is 5.75 Å². The van der Waals surface area contributed by atoms with Gasteiger partial charge in [-0.05, 0) is 40.9 Å². The summed E-state index contributed by atoms with van der Waals surface area (Å²) >= 11 is 3.49. The molecule has 2 aromatic rings. The fourth-order valence-corrected chi connectivity index (χ4v) is 2.16. The normalized spacial score (nSPS) is 14.4. The molecule has 100 valence electrons. The van der Waals surface area contributed by atoms with Gasteiger partial charge in [0.1, 0.15) is 5.75 Å². The van der Waals surface area contributed by atoms with Gasteiger partial charge in [0.05, 0.1) is 19.3 Å². The smallest absolute Gasteiger partial charge is 0.235 e.